The van der Waals surface area contributed by atoms with Crippen LogP contribution in [0.1, 0.15) is 47.5 Å². The minimum Gasteiger partial charge on any atom is -0.331 e. The monoisotopic (exact) mass is 277 g/mol. The number of nitrogens with one attached hydrogen (secondary N) is 1. The molecule has 1 atom stereocenters. The van der Waals surface area contributed by atoms with Crippen molar-refractivity contribution in [1.82, 2.24) is 5.32 Å². The Hall–Kier alpha value is -0.880. The van der Waals surface area contributed by atoms with E-state index in [1.54, 1.807) is 27.7 Å². The van der Waals surface area contributed by atoms with Crippen LogP contribution in [-0.4, -0.2) is 23.7 Å². The van der Waals surface area contributed by atoms with Crippen LogP contribution in [0.2, 0.25) is 0 Å². The van der Waals surface area contributed by atoms with Gasteiger partial charge in [-0.05, 0) is 13.3 Å². The summed E-state index contributed by atoms with van der Waals surface area (Å²) >= 11 is 0. The Bertz CT molecular complexity index is 433. The van der Waals surface area contributed by atoms with Gasteiger partial charge in [0.15, 0.2) is 4.87 Å². The van der Waals surface area contributed by atoms with Gasteiger partial charge < -0.3 is 5.32 Å². The molecule has 0 aromatic rings. The van der Waals surface area contributed by atoms with E-state index in [2.05, 4.69) is 11.9 Å². The summed E-state index contributed by atoms with van der Waals surface area (Å²) in [6, 6.07) is 0. The Morgan fingerprint density at radius 1 is 1.33 bits per heavy atom. The Kier molecular flexibility index (Phi) is 5.14. The molecule has 0 spiro atoms. The molecule has 0 aromatic carbocycles. The molecule has 5 nitrogen and oxygen atoms in total. The number of rotatable bonds is 5. The molecule has 0 rings (SSSR count). The number of hydrogen-bond donors (Lipinski definition) is 2. The zero-order chi connectivity index (χ0) is 14.8. The lowest BCUT2D eigenvalue weighted by Gasteiger charge is -2.42. The normalized spacial score (nSPS) is 15.9. The van der Waals surface area contributed by atoms with E-state index in [1.807, 2.05) is 0 Å². The summed E-state index contributed by atoms with van der Waals surface area (Å²) in [6.45, 7) is 11.7. The van der Waals surface area contributed by atoms with E-state index >= 15 is 0 Å². The lowest BCUT2D eigenvalue weighted by Crippen LogP contribution is -2.62. The molecular formula is C12H23NO4S. The van der Waals surface area contributed by atoms with Crippen molar-refractivity contribution >= 4 is 16.0 Å². The van der Waals surface area contributed by atoms with Crippen molar-refractivity contribution in [2.45, 2.75) is 52.3 Å². The van der Waals surface area contributed by atoms with Crippen LogP contribution in [0.25, 0.3) is 0 Å². The molecule has 0 aliphatic carbocycles. The van der Waals surface area contributed by atoms with E-state index in [4.69, 9.17) is 0 Å². The highest BCUT2D eigenvalue weighted by molar-refractivity contribution is 7.87. The molecule has 0 radical (unpaired) electrons. The van der Waals surface area contributed by atoms with E-state index in [9.17, 15) is 17.8 Å². The maximum absolute atomic E-state index is 11.8. The van der Waals surface area contributed by atoms with Gasteiger partial charge in [-0.2, -0.15) is 8.42 Å². The Morgan fingerprint density at radius 3 is 2.00 bits per heavy atom. The van der Waals surface area contributed by atoms with Crippen LogP contribution in [0, 0.1) is 5.41 Å². The molecule has 0 aliphatic rings. The standard InChI is InChI=1S/C12H23NO4S/c1-7-8-12(11(4,5)6,18(15,16)17)13-10(14)9(2)3/h2,7-8H2,1,3-6H3,(H,13,14)(H,15,16,17). The number of hydrogen-bond acceptors (Lipinski definition) is 3. The number of amides is 1. The van der Waals surface area contributed by atoms with E-state index in [0.717, 1.165) is 0 Å². The predicted octanol–water partition coefficient (Wildman–Crippen LogP) is 2.11. The number of carbonyl (C=O) groups is 1. The van der Waals surface area contributed by atoms with Crippen molar-refractivity contribution in [3.63, 3.8) is 0 Å². The third kappa shape index (κ3) is 3.32. The zero-order valence-corrected chi connectivity index (χ0v) is 12.5. The van der Waals surface area contributed by atoms with Crippen molar-refractivity contribution in [3.8, 4) is 0 Å². The first-order valence-corrected chi connectivity index (χ1v) is 7.28. The highest BCUT2D eigenvalue weighted by Gasteiger charge is 2.52. The molecule has 0 saturated carbocycles. The molecule has 0 aliphatic heterocycles. The van der Waals surface area contributed by atoms with Crippen LogP contribution in [0.15, 0.2) is 12.2 Å². The molecule has 0 heterocycles. The minimum absolute atomic E-state index is 0.133. The van der Waals surface area contributed by atoms with Crippen LogP contribution in [0.4, 0.5) is 0 Å². The van der Waals surface area contributed by atoms with Crippen LogP contribution in [-0.2, 0) is 14.9 Å². The Morgan fingerprint density at radius 2 is 1.78 bits per heavy atom. The van der Waals surface area contributed by atoms with Crippen LogP contribution >= 0.6 is 0 Å². The molecule has 0 saturated heterocycles. The van der Waals surface area contributed by atoms with Crippen LogP contribution in [0.3, 0.4) is 0 Å². The maximum Gasteiger partial charge on any atom is 0.289 e. The molecule has 1 amide bonds. The highest BCUT2D eigenvalue weighted by atomic mass is 32.2. The second kappa shape index (κ2) is 5.40. The topological polar surface area (TPSA) is 83.5 Å². The molecule has 6 heteroatoms. The first kappa shape index (κ1) is 17.1. The first-order chi connectivity index (χ1) is 7.89. The third-order valence-electron chi connectivity index (χ3n) is 2.96. The van der Waals surface area contributed by atoms with Gasteiger partial charge in [-0.25, -0.2) is 0 Å². The fourth-order valence-electron chi connectivity index (χ4n) is 1.85. The van der Waals surface area contributed by atoms with E-state index in [-0.39, 0.29) is 12.0 Å². The van der Waals surface area contributed by atoms with Crippen molar-refractivity contribution in [2.75, 3.05) is 0 Å². The van der Waals surface area contributed by atoms with Gasteiger partial charge in [-0.3, -0.25) is 9.35 Å². The minimum atomic E-state index is -4.45. The van der Waals surface area contributed by atoms with E-state index in [1.165, 1.54) is 6.92 Å². The first-order valence-electron chi connectivity index (χ1n) is 5.84. The summed E-state index contributed by atoms with van der Waals surface area (Å²) in [5.41, 5.74) is -0.648. The van der Waals surface area contributed by atoms with Gasteiger partial charge in [0.25, 0.3) is 10.1 Å². The van der Waals surface area contributed by atoms with Gasteiger partial charge in [0.2, 0.25) is 5.91 Å². The summed E-state index contributed by atoms with van der Waals surface area (Å²) in [6.07, 6.45) is 0.641. The molecule has 1 unspecified atom stereocenters. The van der Waals surface area contributed by atoms with Crippen LogP contribution in [0.5, 0.6) is 0 Å². The number of carbonyl (C=O) groups excluding carboxylic acids is 1. The summed E-state index contributed by atoms with van der Waals surface area (Å²) in [5.74, 6) is -0.573. The van der Waals surface area contributed by atoms with Crippen molar-refractivity contribution in [1.29, 1.82) is 0 Å². The zero-order valence-electron chi connectivity index (χ0n) is 11.7. The van der Waals surface area contributed by atoms with E-state index in [0.29, 0.717) is 6.42 Å². The van der Waals surface area contributed by atoms with Crippen molar-refractivity contribution in [2.24, 2.45) is 5.41 Å². The summed E-state index contributed by atoms with van der Waals surface area (Å²) in [4.78, 5) is 10.0. The van der Waals surface area contributed by atoms with Gasteiger partial charge in [-0.1, -0.05) is 40.7 Å². The molecule has 0 bridgehead atoms. The molecule has 2 N–H and O–H groups in total. The highest BCUT2D eigenvalue weighted by Crippen LogP contribution is 2.38. The van der Waals surface area contributed by atoms with Gasteiger partial charge in [0.05, 0.1) is 0 Å². The van der Waals surface area contributed by atoms with Gasteiger partial charge in [0.1, 0.15) is 0 Å². The maximum atomic E-state index is 11.8. The Labute approximate surface area is 109 Å². The quantitative estimate of drug-likeness (QED) is 0.595. The predicted molar refractivity (Wildman–Crippen MR) is 71.6 cm³/mol. The average molecular weight is 277 g/mol. The summed E-state index contributed by atoms with van der Waals surface area (Å²) < 4.78 is 33.1. The summed E-state index contributed by atoms with van der Waals surface area (Å²) in [7, 11) is -4.45. The summed E-state index contributed by atoms with van der Waals surface area (Å²) in [5, 5.41) is 2.43. The molecule has 18 heavy (non-hydrogen) atoms. The van der Waals surface area contributed by atoms with Gasteiger partial charge in [0, 0.05) is 11.0 Å². The van der Waals surface area contributed by atoms with Crippen molar-refractivity contribution < 1.29 is 17.8 Å². The smallest absolute Gasteiger partial charge is 0.289 e. The largest absolute Gasteiger partial charge is 0.331 e. The van der Waals surface area contributed by atoms with E-state index < -0.39 is 26.3 Å². The third-order valence-corrected chi connectivity index (χ3v) is 4.76. The second-order valence-corrected chi connectivity index (χ2v) is 7.18. The molecule has 0 fully saturated rings. The SMILES string of the molecule is C=C(C)C(=O)NC(CCC)(C(C)(C)C)S(=O)(=O)O. The lowest BCUT2D eigenvalue weighted by atomic mass is 9.83. The Balaban J connectivity index is 5.81. The fourth-order valence-corrected chi connectivity index (χ4v) is 3.31. The van der Waals surface area contributed by atoms with Gasteiger partial charge >= 0.3 is 0 Å². The lowest BCUT2D eigenvalue weighted by molar-refractivity contribution is -0.119. The fraction of sp³-hybridized carbons (Fsp3) is 0.750. The average Bonchev–Trinajstić information content (AvgIpc) is 2.12. The molecule has 0 aromatic heterocycles. The molecular weight excluding hydrogens is 254 g/mol. The molecule has 106 valence electrons. The van der Waals surface area contributed by atoms with Gasteiger partial charge in [-0.15, -0.1) is 0 Å². The van der Waals surface area contributed by atoms with Crippen molar-refractivity contribution in [3.05, 3.63) is 12.2 Å². The second-order valence-electron chi connectivity index (χ2n) is 5.54. The van der Waals surface area contributed by atoms with Crippen LogP contribution < -0.4 is 5.32 Å².